The number of hydrogen-bond acceptors (Lipinski definition) is 4. The van der Waals surface area contributed by atoms with Gasteiger partial charge >= 0.3 is 0 Å². The standard InChI is InChI=1S/C9H15N3S/c1-3-7-4-13-8(11-7)12-5-9(2,10)6-12/h4H,3,5-6,10H2,1-2H3. The number of rotatable bonds is 2. The zero-order valence-corrected chi connectivity index (χ0v) is 8.90. The number of thiazole rings is 1. The van der Waals surface area contributed by atoms with Gasteiger partial charge in [0.05, 0.1) is 5.69 Å². The Kier molecular flexibility index (Phi) is 2.04. The predicted molar refractivity (Wildman–Crippen MR) is 56.3 cm³/mol. The third kappa shape index (κ3) is 1.69. The second kappa shape index (κ2) is 2.96. The molecule has 0 amide bonds. The Morgan fingerprint density at radius 3 is 2.85 bits per heavy atom. The van der Waals surface area contributed by atoms with Crippen LogP contribution in [0.25, 0.3) is 0 Å². The summed E-state index contributed by atoms with van der Waals surface area (Å²) in [5.74, 6) is 0. The van der Waals surface area contributed by atoms with Gasteiger partial charge in [0.15, 0.2) is 5.13 Å². The fourth-order valence-corrected chi connectivity index (χ4v) is 2.47. The van der Waals surface area contributed by atoms with Crippen LogP contribution in [0.15, 0.2) is 5.38 Å². The Hall–Kier alpha value is -0.610. The van der Waals surface area contributed by atoms with Gasteiger partial charge in [-0.25, -0.2) is 4.98 Å². The van der Waals surface area contributed by atoms with Crippen LogP contribution in [-0.2, 0) is 6.42 Å². The summed E-state index contributed by atoms with van der Waals surface area (Å²) in [7, 11) is 0. The average Bonchev–Trinajstić information content (AvgIpc) is 2.47. The van der Waals surface area contributed by atoms with Gasteiger partial charge in [0.1, 0.15) is 0 Å². The highest BCUT2D eigenvalue weighted by atomic mass is 32.1. The molecule has 0 saturated carbocycles. The van der Waals surface area contributed by atoms with Crippen molar-refractivity contribution in [1.82, 2.24) is 4.98 Å². The third-order valence-corrected chi connectivity index (χ3v) is 3.23. The van der Waals surface area contributed by atoms with Crippen LogP contribution in [-0.4, -0.2) is 23.6 Å². The highest BCUT2D eigenvalue weighted by molar-refractivity contribution is 7.13. The quantitative estimate of drug-likeness (QED) is 0.775. The molecule has 2 rings (SSSR count). The molecule has 2 N–H and O–H groups in total. The van der Waals surface area contributed by atoms with E-state index in [1.807, 2.05) is 0 Å². The van der Waals surface area contributed by atoms with Gasteiger partial charge in [-0.15, -0.1) is 11.3 Å². The van der Waals surface area contributed by atoms with E-state index in [0.717, 1.165) is 24.6 Å². The first-order valence-electron chi connectivity index (χ1n) is 4.59. The molecular formula is C9H15N3S. The molecular weight excluding hydrogens is 182 g/mol. The largest absolute Gasteiger partial charge is 0.344 e. The molecule has 1 aromatic rings. The van der Waals surface area contributed by atoms with Crippen molar-refractivity contribution in [2.45, 2.75) is 25.8 Å². The summed E-state index contributed by atoms with van der Waals surface area (Å²) in [4.78, 5) is 6.75. The maximum absolute atomic E-state index is 5.92. The molecule has 0 atom stereocenters. The Morgan fingerprint density at radius 2 is 2.38 bits per heavy atom. The predicted octanol–water partition coefficient (Wildman–Crippen LogP) is 1.24. The summed E-state index contributed by atoms with van der Waals surface area (Å²) in [5, 5.41) is 3.25. The van der Waals surface area contributed by atoms with Crippen molar-refractivity contribution >= 4 is 16.5 Å². The van der Waals surface area contributed by atoms with Crippen LogP contribution in [0.3, 0.4) is 0 Å². The van der Waals surface area contributed by atoms with Crippen molar-refractivity contribution in [3.63, 3.8) is 0 Å². The van der Waals surface area contributed by atoms with Crippen LogP contribution in [0.5, 0.6) is 0 Å². The monoisotopic (exact) mass is 197 g/mol. The molecule has 0 aromatic carbocycles. The lowest BCUT2D eigenvalue weighted by Crippen LogP contribution is -2.65. The van der Waals surface area contributed by atoms with E-state index in [0.29, 0.717) is 0 Å². The minimum atomic E-state index is -0.00194. The molecule has 2 heterocycles. The SMILES string of the molecule is CCc1csc(N2CC(C)(N)C2)n1. The maximum atomic E-state index is 5.92. The van der Waals surface area contributed by atoms with E-state index in [1.165, 1.54) is 5.69 Å². The molecule has 1 fully saturated rings. The molecule has 0 spiro atoms. The summed E-state index contributed by atoms with van der Waals surface area (Å²) in [5.41, 5.74) is 7.11. The number of anilines is 1. The maximum Gasteiger partial charge on any atom is 0.185 e. The van der Waals surface area contributed by atoms with E-state index < -0.39 is 0 Å². The Balaban J connectivity index is 2.03. The molecule has 1 saturated heterocycles. The van der Waals surface area contributed by atoms with E-state index in [2.05, 4.69) is 29.1 Å². The molecule has 0 bridgehead atoms. The number of nitrogens with two attached hydrogens (primary N) is 1. The fourth-order valence-electron chi connectivity index (χ4n) is 1.56. The first-order chi connectivity index (χ1) is 6.11. The third-order valence-electron chi connectivity index (χ3n) is 2.28. The summed E-state index contributed by atoms with van der Waals surface area (Å²) >= 11 is 1.72. The molecule has 0 aliphatic carbocycles. The van der Waals surface area contributed by atoms with Gasteiger partial charge in [-0.05, 0) is 13.3 Å². The van der Waals surface area contributed by atoms with Crippen molar-refractivity contribution in [3.05, 3.63) is 11.1 Å². The van der Waals surface area contributed by atoms with Crippen molar-refractivity contribution < 1.29 is 0 Å². The second-order valence-electron chi connectivity index (χ2n) is 3.99. The molecule has 0 radical (unpaired) electrons. The van der Waals surface area contributed by atoms with E-state index in [1.54, 1.807) is 11.3 Å². The fraction of sp³-hybridized carbons (Fsp3) is 0.667. The molecule has 0 unspecified atom stereocenters. The molecule has 1 aliphatic rings. The van der Waals surface area contributed by atoms with Crippen LogP contribution >= 0.6 is 11.3 Å². The number of nitrogens with zero attached hydrogens (tertiary/aromatic N) is 2. The zero-order chi connectivity index (χ0) is 9.47. The highest BCUT2D eigenvalue weighted by Gasteiger charge is 2.36. The molecule has 3 nitrogen and oxygen atoms in total. The van der Waals surface area contributed by atoms with Crippen LogP contribution in [0, 0.1) is 0 Å². The second-order valence-corrected chi connectivity index (χ2v) is 4.82. The smallest absolute Gasteiger partial charge is 0.185 e. The molecule has 1 aliphatic heterocycles. The molecule has 72 valence electrons. The van der Waals surface area contributed by atoms with E-state index in [-0.39, 0.29) is 5.54 Å². The Labute approximate surface area is 82.6 Å². The summed E-state index contributed by atoms with van der Waals surface area (Å²) in [6.45, 7) is 6.08. The van der Waals surface area contributed by atoms with Gasteiger partial charge in [-0.3, -0.25) is 0 Å². The molecule has 13 heavy (non-hydrogen) atoms. The van der Waals surface area contributed by atoms with Crippen LogP contribution < -0.4 is 10.6 Å². The van der Waals surface area contributed by atoms with E-state index >= 15 is 0 Å². The first-order valence-corrected chi connectivity index (χ1v) is 5.47. The van der Waals surface area contributed by atoms with Crippen molar-refractivity contribution in [3.8, 4) is 0 Å². The summed E-state index contributed by atoms with van der Waals surface area (Å²) in [6, 6.07) is 0. The van der Waals surface area contributed by atoms with Gasteiger partial charge in [0, 0.05) is 24.0 Å². The van der Waals surface area contributed by atoms with Crippen molar-refractivity contribution in [1.29, 1.82) is 0 Å². The summed E-state index contributed by atoms with van der Waals surface area (Å²) in [6.07, 6.45) is 1.02. The molecule has 4 heteroatoms. The topological polar surface area (TPSA) is 42.1 Å². The molecule has 1 aromatic heterocycles. The van der Waals surface area contributed by atoms with Gasteiger partial charge in [-0.2, -0.15) is 0 Å². The first kappa shape index (κ1) is 8.97. The summed E-state index contributed by atoms with van der Waals surface area (Å²) < 4.78 is 0. The van der Waals surface area contributed by atoms with Gasteiger partial charge < -0.3 is 10.6 Å². The van der Waals surface area contributed by atoms with E-state index in [9.17, 15) is 0 Å². The van der Waals surface area contributed by atoms with E-state index in [4.69, 9.17) is 5.73 Å². The number of aryl methyl sites for hydroxylation is 1. The van der Waals surface area contributed by atoms with Crippen molar-refractivity contribution in [2.24, 2.45) is 5.73 Å². The lowest BCUT2D eigenvalue weighted by Gasteiger charge is -2.45. The Morgan fingerprint density at radius 1 is 1.69 bits per heavy atom. The van der Waals surface area contributed by atoms with Gasteiger partial charge in [0.2, 0.25) is 0 Å². The van der Waals surface area contributed by atoms with Crippen LogP contribution in [0.2, 0.25) is 0 Å². The van der Waals surface area contributed by atoms with Gasteiger partial charge in [0.25, 0.3) is 0 Å². The zero-order valence-electron chi connectivity index (χ0n) is 8.08. The number of hydrogen-bond donors (Lipinski definition) is 1. The van der Waals surface area contributed by atoms with Crippen LogP contribution in [0.1, 0.15) is 19.5 Å². The average molecular weight is 197 g/mol. The lowest BCUT2D eigenvalue weighted by molar-refractivity contribution is 0.365. The van der Waals surface area contributed by atoms with Gasteiger partial charge in [-0.1, -0.05) is 6.92 Å². The number of aromatic nitrogens is 1. The minimum Gasteiger partial charge on any atom is -0.344 e. The highest BCUT2D eigenvalue weighted by Crippen LogP contribution is 2.28. The Bertz CT molecular complexity index is 298. The minimum absolute atomic E-state index is 0.00194. The normalized spacial score (nSPS) is 20.1. The lowest BCUT2D eigenvalue weighted by atomic mass is 9.95. The van der Waals surface area contributed by atoms with Crippen LogP contribution in [0.4, 0.5) is 5.13 Å². The van der Waals surface area contributed by atoms with Crippen molar-refractivity contribution in [2.75, 3.05) is 18.0 Å².